The van der Waals surface area contributed by atoms with Gasteiger partial charge in [0.1, 0.15) is 30.0 Å². The van der Waals surface area contributed by atoms with Crippen LogP contribution in [0.5, 0.6) is 5.75 Å². The van der Waals surface area contributed by atoms with Crippen LogP contribution in [0.3, 0.4) is 0 Å². The quantitative estimate of drug-likeness (QED) is 0.779. The Morgan fingerprint density at radius 3 is 2.83 bits per heavy atom. The summed E-state index contributed by atoms with van der Waals surface area (Å²) in [6, 6.07) is 7.38. The first-order valence-corrected chi connectivity index (χ1v) is 7.42. The van der Waals surface area contributed by atoms with Gasteiger partial charge in [-0.25, -0.2) is 15.0 Å². The summed E-state index contributed by atoms with van der Waals surface area (Å²) in [4.78, 5) is 24.1. The predicted molar refractivity (Wildman–Crippen MR) is 89.2 cm³/mol. The fraction of sp³-hybridized carbons (Fsp3) is 0.176. The highest BCUT2D eigenvalue weighted by atomic mass is 16.5. The Morgan fingerprint density at radius 1 is 1.21 bits per heavy atom. The molecule has 1 aromatic carbocycles. The highest BCUT2D eigenvalue weighted by Crippen LogP contribution is 2.16. The van der Waals surface area contributed by atoms with Crippen molar-refractivity contribution in [3.63, 3.8) is 0 Å². The Bertz CT molecular complexity index is 846. The maximum atomic E-state index is 12.0. The van der Waals surface area contributed by atoms with E-state index < -0.39 is 0 Å². The summed E-state index contributed by atoms with van der Waals surface area (Å²) in [5, 5.41) is 2.69. The maximum absolute atomic E-state index is 12.0. The van der Waals surface area contributed by atoms with Crippen molar-refractivity contribution < 1.29 is 9.53 Å². The first-order chi connectivity index (χ1) is 11.6. The van der Waals surface area contributed by atoms with E-state index >= 15 is 0 Å². The molecule has 7 nitrogen and oxygen atoms in total. The topological polar surface area (TPSA) is 81.9 Å². The second-order valence-electron chi connectivity index (χ2n) is 5.31. The van der Waals surface area contributed by atoms with Crippen molar-refractivity contribution >= 4 is 11.7 Å². The molecule has 0 saturated heterocycles. The first kappa shape index (κ1) is 15.7. The average Bonchev–Trinajstić information content (AvgIpc) is 3.11. The molecule has 3 aromatic rings. The van der Waals surface area contributed by atoms with Gasteiger partial charge in [-0.2, -0.15) is 0 Å². The van der Waals surface area contributed by atoms with Gasteiger partial charge in [-0.1, -0.05) is 6.07 Å². The van der Waals surface area contributed by atoms with Crippen LogP contribution < -0.4 is 10.1 Å². The van der Waals surface area contributed by atoms with E-state index in [1.807, 2.05) is 32.0 Å². The number of benzene rings is 1. The highest BCUT2D eigenvalue weighted by Gasteiger charge is 2.07. The van der Waals surface area contributed by atoms with Gasteiger partial charge >= 0.3 is 0 Å². The van der Waals surface area contributed by atoms with E-state index in [4.69, 9.17) is 4.74 Å². The molecule has 3 rings (SSSR count). The number of nitrogens with zero attached hydrogens (tertiary/aromatic N) is 4. The minimum atomic E-state index is -0.288. The van der Waals surface area contributed by atoms with Gasteiger partial charge in [-0.3, -0.25) is 9.36 Å². The lowest BCUT2D eigenvalue weighted by Gasteiger charge is -2.09. The summed E-state index contributed by atoms with van der Waals surface area (Å²) in [6.45, 7) is 3.94. The lowest BCUT2D eigenvalue weighted by molar-refractivity contribution is -0.118. The van der Waals surface area contributed by atoms with Gasteiger partial charge in [0.05, 0.1) is 0 Å². The Hall–Kier alpha value is -3.22. The zero-order valence-electron chi connectivity index (χ0n) is 13.4. The van der Waals surface area contributed by atoms with Crippen LogP contribution in [-0.2, 0) is 4.79 Å². The van der Waals surface area contributed by atoms with Crippen molar-refractivity contribution in [1.29, 1.82) is 0 Å². The van der Waals surface area contributed by atoms with Crippen LogP contribution in [0, 0.1) is 13.8 Å². The fourth-order valence-electron chi connectivity index (χ4n) is 2.08. The van der Waals surface area contributed by atoms with E-state index in [-0.39, 0.29) is 12.5 Å². The van der Waals surface area contributed by atoms with Gasteiger partial charge in [-0.05, 0) is 37.1 Å². The standard InChI is InChI=1S/C17H17N5O2/c1-12-3-4-14(7-13(12)2)24-9-17(23)21-15-8-16(20-10-19-15)22-6-5-18-11-22/h3-8,10-11H,9H2,1-2H3,(H,19,20,21,23). The molecule has 1 N–H and O–H groups in total. The third kappa shape index (κ3) is 3.75. The third-order valence-electron chi connectivity index (χ3n) is 3.54. The van der Waals surface area contributed by atoms with Crippen LogP contribution in [0.15, 0.2) is 49.3 Å². The van der Waals surface area contributed by atoms with Crippen LogP contribution in [-0.4, -0.2) is 32.0 Å². The third-order valence-corrected chi connectivity index (χ3v) is 3.54. The van der Waals surface area contributed by atoms with Crippen molar-refractivity contribution in [2.24, 2.45) is 0 Å². The Kier molecular flexibility index (Phi) is 4.51. The highest BCUT2D eigenvalue weighted by molar-refractivity contribution is 5.91. The summed E-state index contributed by atoms with van der Waals surface area (Å²) in [7, 11) is 0. The van der Waals surface area contributed by atoms with Crippen molar-refractivity contribution in [2.75, 3.05) is 11.9 Å². The predicted octanol–water partition coefficient (Wildman–Crippen LogP) is 2.30. The molecule has 7 heteroatoms. The number of imidazole rings is 1. The van der Waals surface area contributed by atoms with Gasteiger partial charge < -0.3 is 10.1 Å². The van der Waals surface area contributed by atoms with E-state index in [0.29, 0.717) is 17.4 Å². The van der Waals surface area contributed by atoms with Crippen molar-refractivity contribution in [2.45, 2.75) is 13.8 Å². The van der Waals surface area contributed by atoms with Crippen LogP contribution >= 0.6 is 0 Å². The van der Waals surface area contributed by atoms with Crippen molar-refractivity contribution in [3.05, 3.63) is 60.4 Å². The Balaban J connectivity index is 1.60. The van der Waals surface area contributed by atoms with Crippen molar-refractivity contribution in [3.8, 4) is 11.6 Å². The van der Waals surface area contributed by atoms with E-state index in [0.717, 1.165) is 5.56 Å². The molecule has 0 fully saturated rings. The smallest absolute Gasteiger partial charge is 0.263 e. The van der Waals surface area contributed by atoms with E-state index in [2.05, 4.69) is 20.3 Å². The number of rotatable bonds is 5. The average molecular weight is 323 g/mol. The summed E-state index contributed by atoms with van der Waals surface area (Å²) >= 11 is 0. The summed E-state index contributed by atoms with van der Waals surface area (Å²) in [6.07, 6.45) is 6.42. The first-order valence-electron chi connectivity index (χ1n) is 7.42. The molecule has 0 aliphatic carbocycles. The molecule has 0 saturated carbocycles. The molecule has 0 aliphatic heterocycles. The zero-order valence-corrected chi connectivity index (χ0v) is 13.4. The fourth-order valence-corrected chi connectivity index (χ4v) is 2.08. The molecule has 0 radical (unpaired) electrons. The Labute approximate surface area is 139 Å². The van der Waals surface area contributed by atoms with Gasteiger partial charge in [0.25, 0.3) is 5.91 Å². The molecule has 1 amide bonds. The molecule has 2 heterocycles. The molecule has 0 bridgehead atoms. The number of carbonyl (C=O) groups is 1. The van der Waals surface area contributed by atoms with Crippen LogP contribution in [0.2, 0.25) is 0 Å². The molecular formula is C17H17N5O2. The second kappa shape index (κ2) is 6.91. The number of aromatic nitrogens is 4. The molecule has 0 unspecified atom stereocenters. The van der Waals surface area contributed by atoms with E-state index in [1.54, 1.807) is 29.4 Å². The second-order valence-corrected chi connectivity index (χ2v) is 5.31. The molecule has 24 heavy (non-hydrogen) atoms. The number of aryl methyl sites for hydroxylation is 2. The minimum Gasteiger partial charge on any atom is -0.484 e. The van der Waals surface area contributed by atoms with Gasteiger partial charge in [0.15, 0.2) is 6.61 Å². The molecule has 0 aliphatic rings. The lowest BCUT2D eigenvalue weighted by Crippen LogP contribution is -2.21. The monoisotopic (exact) mass is 323 g/mol. The molecule has 0 atom stereocenters. The summed E-state index contributed by atoms with van der Waals surface area (Å²) in [5.41, 5.74) is 2.30. The molecule has 122 valence electrons. The number of ether oxygens (including phenoxy) is 1. The number of amides is 1. The lowest BCUT2D eigenvalue weighted by atomic mass is 10.1. The van der Waals surface area contributed by atoms with Gasteiger partial charge in [0.2, 0.25) is 0 Å². The van der Waals surface area contributed by atoms with E-state index in [9.17, 15) is 4.79 Å². The molecule has 2 aromatic heterocycles. The van der Waals surface area contributed by atoms with Crippen LogP contribution in [0.25, 0.3) is 5.82 Å². The summed E-state index contributed by atoms with van der Waals surface area (Å²) < 4.78 is 7.23. The molecular weight excluding hydrogens is 306 g/mol. The number of hydrogen-bond donors (Lipinski definition) is 1. The molecule has 0 spiro atoms. The Morgan fingerprint density at radius 2 is 2.08 bits per heavy atom. The SMILES string of the molecule is Cc1ccc(OCC(=O)Nc2cc(-n3ccnc3)ncn2)cc1C. The van der Waals surface area contributed by atoms with Gasteiger partial charge in [-0.15, -0.1) is 0 Å². The minimum absolute atomic E-state index is 0.0904. The van der Waals surface area contributed by atoms with Gasteiger partial charge in [0, 0.05) is 18.5 Å². The van der Waals surface area contributed by atoms with E-state index in [1.165, 1.54) is 11.9 Å². The zero-order chi connectivity index (χ0) is 16.9. The van der Waals surface area contributed by atoms with Crippen molar-refractivity contribution in [1.82, 2.24) is 19.5 Å². The normalized spacial score (nSPS) is 10.4. The number of carbonyl (C=O) groups excluding carboxylic acids is 1. The van der Waals surface area contributed by atoms with Crippen LogP contribution in [0.4, 0.5) is 5.82 Å². The number of nitrogens with one attached hydrogen (secondary N) is 1. The summed E-state index contributed by atoms with van der Waals surface area (Å²) in [5.74, 6) is 1.40. The van der Waals surface area contributed by atoms with Crippen LogP contribution in [0.1, 0.15) is 11.1 Å². The largest absolute Gasteiger partial charge is 0.484 e. The number of anilines is 1. The number of hydrogen-bond acceptors (Lipinski definition) is 5. The maximum Gasteiger partial charge on any atom is 0.263 e.